The Morgan fingerprint density at radius 1 is 1.22 bits per heavy atom. The maximum Gasteiger partial charge on any atom is 0.270 e. The first-order chi connectivity index (χ1) is 11.0. The van der Waals surface area contributed by atoms with Crippen molar-refractivity contribution in [2.24, 2.45) is 5.73 Å². The third-order valence-electron chi connectivity index (χ3n) is 3.34. The maximum absolute atomic E-state index is 10.8. The number of nitro benzene ring substituents is 1. The van der Waals surface area contributed by atoms with Crippen LogP contribution in [0.25, 0.3) is 11.4 Å². The Bertz CT molecular complexity index is 847. The van der Waals surface area contributed by atoms with Gasteiger partial charge in [-0.25, -0.2) is 4.98 Å². The number of H-pyrrole nitrogens is 1. The maximum atomic E-state index is 10.8. The molecule has 3 aromatic rings. The van der Waals surface area contributed by atoms with Gasteiger partial charge in [0.2, 0.25) is 0 Å². The first-order valence-corrected chi connectivity index (χ1v) is 7.10. The molecule has 1 atom stereocenters. The molecule has 0 saturated carbocycles. The smallest absolute Gasteiger partial charge is 0.270 e. The monoisotopic (exact) mass is 329 g/mol. The average Bonchev–Trinajstić information content (AvgIpc) is 3.05. The molecule has 0 radical (unpaired) electrons. The molecule has 0 amide bonds. The Hall–Kier alpha value is -2.77. The number of rotatable bonds is 4. The zero-order valence-electron chi connectivity index (χ0n) is 11.8. The van der Waals surface area contributed by atoms with Crippen molar-refractivity contribution in [3.05, 3.63) is 75.1 Å². The fourth-order valence-electron chi connectivity index (χ4n) is 2.13. The molecule has 0 bridgehead atoms. The quantitative estimate of drug-likeness (QED) is 0.564. The van der Waals surface area contributed by atoms with Gasteiger partial charge in [0.1, 0.15) is 5.82 Å². The summed E-state index contributed by atoms with van der Waals surface area (Å²) >= 11 is 5.86. The standard InChI is InChI=1S/C15H12ClN5O2/c16-11-6-4-9(5-7-11)13(17)15-18-14(19-20-15)10-2-1-3-12(8-10)21(22)23/h1-8,13H,17H2,(H,18,19,20). The lowest BCUT2D eigenvalue weighted by atomic mass is 10.1. The van der Waals surface area contributed by atoms with E-state index in [1.165, 1.54) is 12.1 Å². The number of benzene rings is 2. The summed E-state index contributed by atoms with van der Waals surface area (Å²) < 4.78 is 0. The van der Waals surface area contributed by atoms with Crippen LogP contribution in [0.4, 0.5) is 5.69 Å². The van der Waals surface area contributed by atoms with Gasteiger partial charge in [-0.3, -0.25) is 15.2 Å². The van der Waals surface area contributed by atoms with Crippen molar-refractivity contribution in [2.45, 2.75) is 6.04 Å². The van der Waals surface area contributed by atoms with Crippen LogP contribution in [0.5, 0.6) is 0 Å². The van der Waals surface area contributed by atoms with Crippen molar-refractivity contribution < 1.29 is 4.92 Å². The van der Waals surface area contributed by atoms with E-state index < -0.39 is 11.0 Å². The summed E-state index contributed by atoms with van der Waals surface area (Å²) in [5, 5.41) is 18.3. The molecule has 0 aliphatic heterocycles. The highest BCUT2D eigenvalue weighted by atomic mass is 35.5. The predicted molar refractivity (Wildman–Crippen MR) is 86.0 cm³/mol. The molecule has 0 saturated heterocycles. The third kappa shape index (κ3) is 3.20. The Labute approximate surface area is 136 Å². The fourth-order valence-corrected chi connectivity index (χ4v) is 2.26. The third-order valence-corrected chi connectivity index (χ3v) is 3.59. The number of aromatic nitrogens is 3. The number of nitrogens with one attached hydrogen (secondary N) is 1. The van der Waals surface area contributed by atoms with Gasteiger partial charge in [-0.15, -0.1) is 0 Å². The summed E-state index contributed by atoms with van der Waals surface area (Å²) in [7, 11) is 0. The molecule has 23 heavy (non-hydrogen) atoms. The van der Waals surface area contributed by atoms with Gasteiger partial charge >= 0.3 is 0 Å². The van der Waals surface area contributed by atoms with E-state index in [1.54, 1.807) is 24.3 Å². The van der Waals surface area contributed by atoms with Crippen LogP contribution in [-0.2, 0) is 0 Å². The summed E-state index contributed by atoms with van der Waals surface area (Å²) in [6.45, 7) is 0. The molecule has 2 aromatic carbocycles. The largest absolute Gasteiger partial charge is 0.318 e. The van der Waals surface area contributed by atoms with Gasteiger partial charge in [0.15, 0.2) is 5.82 Å². The minimum absolute atomic E-state index is 0.0177. The SMILES string of the molecule is NC(c1ccc(Cl)cc1)c1nc(-c2cccc([N+](=O)[O-])c2)n[nH]1. The van der Waals surface area contributed by atoms with Crippen LogP contribution in [0.15, 0.2) is 48.5 Å². The lowest BCUT2D eigenvalue weighted by molar-refractivity contribution is -0.384. The van der Waals surface area contributed by atoms with Crippen molar-refractivity contribution >= 4 is 17.3 Å². The number of hydrogen-bond donors (Lipinski definition) is 2. The molecule has 1 heterocycles. The minimum atomic E-state index is -0.493. The van der Waals surface area contributed by atoms with Crippen LogP contribution in [0.1, 0.15) is 17.4 Å². The minimum Gasteiger partial charge on any atom is -0.318 e. The lowest BCUT2D eigenvalue weighted by Crippen LogP contribution is -2.13. The molecular formula is C15H12ClN5O2. The van der Waals surface area contributed by atoms with E-state index in [0.29, 0.717) is 22.2 Å². The second-order valence-electron chi connectivity index (χ2n) is 4.88. The van der Waals surface area contributed by atoms with Crippen molar-refractivity contribution in [3.8, 4) is 11.4 Å². The highest BCUT2D eigenvalue weighted by Gasteiger charge is 2.16. The molecule has 3 N–H and O–H groups in total. The van der Waals surface area contributed by atoms with Gasteiger partial charge in [0.25, 0.3) is 5.69 Å². The van der Waals surface area contributed by atoms with Crippen molar-refractivity contribution in [2.75, 3.05) is 0 Å². The molecule has 0 spiro atoms. The van der Waals surface area contributed by atoms with Gasteiger partial charge in [0, 0.05) is 22.7 Å². The van der Waals surface area contributed by atoms with E-state index >= 15 is 0 Å². The Balaban J connectivity index is 1.89. The molecule has 0 fully saturated rings. The Kier molecular flexibility index (Phi) is 4.05. The first kappa shape index (κ1) is 15.1. The van der Waals surface area contributed by atoms with Crippen molar-refractivity contribution in [3.63, 3.8) is 0 Å². The van der Waals surface area contributed by atoms with E-state index in [9.17, 15) is 10.1 Å². The summed E-state index contributed by atoms with van der Waals surface area (Å²) in [5.41, 5.74) is 7.51. The molecule has 7 nitrogen and oxygen atoms in total. The van der Waals surface area contributed by atoms with Crippen LogP contribution in [0.3, 0.4) is 0 Å². The number of non-ortho nitro benzene ring substituents is 1. The number of hydrogen-bond acceptors (Lipinski definition) is 5. The van der Waals surface area contributed by atoms with Crippen molar-refractivity contribution in [1.82, 2.24) is 15.2 Å². The fraction of sp³-hybridized carbons (Fsp3) is 0.0667. The lowest BCUT2D eigenvalue weighted by Gasteiger charge is -2.08. The summed E-state index contributed by atoms with van der Waals surface area (Å²) in [4.78, 5) is 14.7. The number of halogens is 1. The van der Waals surface area contributed by atoms with Gasteiger partial charge in [0.05, 0.1) is 11.0 Å². The van der Waals surface area contributed by atoms with Crippen LogP contribution < -0.4 is 5.73 Å². The topological polar surface area (TPSA) is 111 Å². The second kappa shape index (κ2) is 6.15. The molecular weight excluding hydrogens is 318 g/mol. The summed E-state index contributed by atoms with van der Waals surface area (Å²) in [6.07, 6.45) is 0. The number of nitro groups is 1. The Morgan fingerprint density at radius 2 is 1.96 bits per heavy atom. The van der Waals surface area contributed by atoms with E-state index in [2.05, 4.69) is 15.2 Å². The summed E-state index contributed by atoms with van der Waals surface area (Å²) in [5.74, 6) is 0.821. The number of nitrogens with zero attached hydrogens (tertiary/aromatic N) is 3. The van der Waals surface area contributed by atoms with E-state index in [1.807, 2.05) is 12.1 Å². The van der Waals surface area contributed by atoms with Crippen LogP contribution >= 0.6 is 11.6 Å². The van der Waals surface area contributed by atoms with Crippen molar-refractivity contribution in [1.29, 1.82) is 0 Å². The van der Waals surface area contributed by atoms with Crippen LogP contribution in [-0.4, -0.2) is 20.1 Å². The normalized spacial score (nSPS) is 12.1. The molecule has 0 aliphatic carbocycles. The zero-order valence-corrected chi connectivity index (χ0v) is 12.6. The van der Waals surface area contributed by atoms with E-state index in [-0.39, 0.29) is 5.69 Å². The number of aromatic amines is 1. The molecule has 8 heteroatoms. The molecule has 3 rings (SSSR count). The molecule has 116 valence electrons. The highest BCUT2D eigenvalue weighted by Crippen LogP contribution is 2.23. The average molecular weight is 330 g/mol. The predicted octanol–water partition coefficient (Wildman–Crippen LogP) is 3.08. The Morgan fingerprint density at radius 3 is 2.65 bits per heavy atom. The molecule has 1 unspecified atom stereocenters. The first-order valence-electron chi connectivity index (χ1n) is 6.73. The second-order valence-corrected chi connectivity index (χ2v) is 5.32. The van der Waals surface area contributed by atoms with E-state index in [0.717, 1.165) is 5.56 Å². The summed E-state index contributed by atoms with van der Waals surface area (Å²) in [6, 6.07) is 12.7. The van der Waals surface area contributed by atoms with Crippen LogP contribution in [0, 0.1) is 10.1 Å². The van der Waals surface area contributed by atoms with Gasteiger partial charge in [-0.05, 0) is 17.7 Å². The molecule has 1 aromatic heterocycles. The van der Waals surface area contributed by atoms with Crippen LogP contribution in [0.2, 0.25) is 5.02 Å². The number of nitrogens with two attached hydrogens (primary N) is 1. The molecule has 0 aliphatic rings. The van der Waals surface area contributed by atoms with Gasteiger partial charge in [-0.1, -0.05) is 35.9 Å². The zero-order chi connectivity index (χ0) is 16.4. The highest BCUT2D eigenvalue weighted by molar-refractivity contribution is 6.30. The van der Waals surface area contributed by atoms with Gasteiger partial charge < -0.3 is 5.73 Å². The van der Waals surface area contributed by atoms with Gasteiger partial charge in [-0.2, -0.15) is 5.10 Å². The van der Waals surface area contributed by atoms with E-state index in [4.69, 9.17) is 17.3 Å².